The first-order valence-corrected chi connectivity index (χ1v) is 25.4. The quantitative estimate of drug-likeness (QED) is 0.156. The van der Waals surface area contributed by atoms with Crippen LogP contribution in [0.3, 0.4) is 0 Å². The maximum Gasteiger partial charge on any atom is 0.0726 e. The van der Waals surface area contributed by atoms with Gasteiger partial charge in [0, 0.05) is 38.8 Å². The third kappa shape index (κ3) is 5.52. The molecule has 14 aromatic rings. The van der Waals surface area contributed by atoms with Crippen molar-refractivity contribution in [3.63, 3.8) is 0 Å². The number of nitrogens with zero attached hydrogens (tertiary/aromatic N) is 2. The van der Waals surface area contributed by atoms with Crippen molar-refractivity contribution >= 4 is 82.0 Å². The maximum atomic E-state index is 2.57. The summed E-state index contributed by atoms with van der Waals surface area (Å²) in [6, 6.07) is 100.0. The molecule has 1 heterocycles. The van der Waals surface area contributed by atoms with Crippen LogP contribution in [0.4, 0.5) is 17.1 Å². The summed E-state index contributed by atoms with van der Waals surface area (Å²) in [7, 11) is 0. The van der Waals surface area contributed by atoms with E-state index in [-0.39, 0.29) is 0 Å². The molecule has 0 radical (unpaired) electrons. The monoisotopic (exact) mass is 924 g/mol. The van der Waals surface area contributed by atoms with Crippen LogP contribution in [0.15, 0.2) is 267 Å². The fraction of sp³-hybridized carbons (Fsp3) is 0.0141. The standard InChI is InChI=1S/C71H44N2/c1-3-19-45(20-4-1)61-43-63-58-29-13-17-33-66(58)71(64-31-15-11-27-56(64)57-28-12-16-32-65(57)71)67(63)44-69(61)72(49-37-40-55-53-25-8-7-23-51(53)52-24-9-10-26-54(52)62(55)42-49)48-36-39-50-46(41-48)35-38-60-59-30-14-18-34-68(59)73(70(50)60)47-21-5-2-6-22-47/h1-44H. The summed E-state index contributed by atoms with van der Waals surface area (Å²) in [5.41, 5.74) is 19.2. The summed E-state index contributed by atoms with van der Waals surface area (Å²) >= 11 is 0. The van der Waals surface area contributed by atoms with E-state index in [4.69, 9.17) is 0 Å². The second-order valence-electron chi connectivity index (χ2n) is 19.9. The maximum absolute atomic E-state index is 2.57. The third-order valence-corrected chi connectivity index (χ3v) is 16.3. The molecule has 338 valence electrons. The van der Waals surface area contributed by atoms with Gasteiger partial charge in [-0.25, -0.2) is 0 Å². The molecule has 2 nitrogen and oxygen atoms in total. The van der Waals surface area contributed by atoms with Crippen LogP contribution in [0.25, 0.3) is 104 Å². The molecular formula is C71H44N2. The van der Waals surface area contributed by atoms with Crippen LogP contribution in [-0.4, -0.2) is 4.57 Å². The molecule has 0 aliphatic heterocycles. The highest BCUT2D eigenvalue weighted by Gasteiger charge is 2.52. The Labute approximate surface area is 422 Å². The summed E-state index contributed by atoms with van der Waals surface area (Å²) < 4.78 is 2.45. The van der Waals surface area contributed by atoms with Crippen LogP contribution in [0.2, 0.25) is 0 Å². The molecule has 2 aliphatic carbocycles. The molecule has 0 fully saturated rings. The van der Waals surface area contributed by atoms with Crippen molar-refractivity contribution in [3.05, 3.63) is 289 Å². The second kappa shape index (κ2) is 15.3. The zero-order valence-electron chi connectivity index (χ0n) is 39.8. The molecule has 0 saturated carbocycles. The molecule has 1 aromatic heterocycles. The Morgan fingerprint density at radius 1 is 0.288 bits per heavy atom. The Kier molecular flexibility index (Phi) is 8.41. The number of benzene rings is 13. The minimum Gasteiger partial charge on any atom is -0.310 e. The number of fused-ring (bicyclic) bond motifs is 21. The fourth-order valence-electron chi connectivity index (χ4n) is 13.4. The van der Waals surface area contributed by atoms with Crippen molar-refractivity contribution < 1.29 is 0 Å². The van der Waals surface area contributed by atoms with Crippen LogP contribution in [0.5, 0.6) is 0 Å². The van der Waals surface area contributed by atoms with E-state index in [1.807, 2.05) is 0 Å². The number of hydrogen-bond acceptors (Lipinski definition) is 1. The minimum absolute atomic E-state index is 0.521. The van der Waals surface area contributed by atoms with E-state index in [2.05, 4.69) is 276 Å². The first-order chi connectivity index (χ1) is 36.2. The van der Waals surface area contributed by atoms with E-state index in [0.29, 0.717) is 0 Å². The summed E-state index contributed by atoms with van der Waals surface area (Å²) in [5, 5.41) is 12.4. The first kappa shape index (κ1) is 40.3. The molecule has 0 amide bonds. The lowest BCUT2D eigenvalue weighted by Crippen LogP contribution is -2.26. The average Bonchev–Trinajstić information content (AvgIpc) is 4.07. The highest BCUT2D eigenvalue weighted by atomic mass is 15.1. The Hall–Kier alpha value is -9.50. The van der Waals surface area contributed by atoms with Crippen LogP contribution in [0.1, 0.15) is 22.3 Å². The van der Waals surface area contributed by atoms with Gasteiger partial charge in [0.1, 0.15) is 0 Å². The smallest absolute Gasteiger partial charge is 0.0726 e. The van der Waals surface area contributed by atoms with Crippen molar-refractivity contribution in [2.45, 2.75) is 5.41 Å². The van der Waals surface area contributed by atoms with Crippen LogP contribution < -0.4 is 4.90 Å². The predicted molar refractivity (Wildman–Crippen MR) is 307 cm³/mol. The number of rotatable bonds is 5. The first-order valence-electron chi connectivity index (χ1n) is 25.4. The highest BCUT2D eigenvalue weighted by molar-refractivity contribution is 6.26. The number of para-hydroxylation sites is 2. The lowest BCUT2D eigenvalue weighted by Gasteiger charge is -2.33. The van der Waals surface area contributed by atoms with E-state index in [0.717, 1.165) is 22.7 Å². The predicted octanol–water partition coefficient (Wildman–Crippen LogP) is 18.9. The van der Waals surface area contributed by atoms with E-state index >= 15 is 0 Å². The summed E-state index contributed by atoms with van der Waals surface area (Å²) in [4.78, 5) is 2.56. The molecule has 0 bridgehead atoms. The topological polar surface area (TPSA) is 8.17 Å². The Morgan fingerprint density at radius 3 is 1.41 bits per heavy atom. The summed E-state index contributed by atoms with van der Waals surface area (Å²) in [6.45, 7) is 0. The Morgan fingerprint density at radius 2 is 0.767 bits per heavy atom. The normalized spacial score (nSPS) is 13.0. The van der Waals surface area contributed by atoms with Gasteiger partial charge in [-0.1, -0.05) is 212 Å². The molecule has 13 aromatic carbocycles. The van der Waals surface area contributed by atoms with Crippen molar-refractivity contribution in [2.24, 2.45) is 0 Å². The Bertz CT molecular complexity index is 4540. The lowest BCUT2D eigenvalue weighted by molar-refractivity contribution is 0.794. The molecule has 2 heteroatoms. The fourth-order valence-corrected chi connectivity index (χ4v) is 13.4. The van der Waals surface area contributed by atoms with Gasteiger partial charge in [0.15, 0.2) is 0 Å². The van der Waals surface area contributed by atoms with Crippen molar-refractivity contribution in [3.8, 4) is 39.1 Å². The van der Waals surface area contributed by atoms with Gasteiger partial charge in [-0.3, -0.25) is 0 Å². The summed E-state index contributed by atoms with van der Waals surface area (Å²) in [6.07, 6.45) is 0. The molecule has 0 N–H and O–H groups in total. The van der Waals surface area contributed by atoms with Gasteiger partial charge in [-0.2, -0.15) is 0 Å². The number of aromatic nitrogens is 1. The van der Waals surface area contributed by atoms with E-state index in [1.165, 1.54) is 121 Å². The van der Waals surface area contributed by atoms with E-state index in [1.54, 1.807) is 0 Å². The number of anilines is 3. The molecule has 0 unspecified atom stereocenters. The Balaban J connectivity index is 1.03. The van der Waals surface area contributed by atoms with Gasteiger partial charge < -0.3 is 9.47 Å². The molecule has 0 atom stereocenters. The largest absolute Gasteiger partial charge is 0.310 e. The molecule has 1 spiro atoms. The molecule has 2 aliphatic rings. The van der Waals surface area contributed by atoms with E-state index in [9.17, 15) is 0 Å². The SMILES string of the molecule is c1ccc(-c2cc3c(cc2N(c2ccc4c(ccc5c6ccccc6n(-c6ccccc6)c45)c2)c2ccc4c5ccccc5c5ccccc5c4c2)C2(c4ccccc4-c4ccccc42)c2ccccc2-3)cc1. The van der Waals surface area contributed by atoms with Gasteiger partial charge in [0.05, 0.1) is 22.1 Å². The van der Waals surface area contributed by atoms with Gasteiger partial charge in [-0.15, -0.1) is 0 Å². The van der Waals surface area contributed by atoms with Crippen molar-refractivity contribution in [1.29, 1.82) is 0 Å². The van der Waals surface area contributed by atoms with Crippen LogP contribution in [-0.2, 0) is 5.41 Å². The molecule has 73 heavy (non-hydrogen) atoms. The molecule has 0 saturated heterocycles. The van der Waals surface area contributed by atoms with Crippen LogP contribution >= 0.6 is 0 Å². The van der Waals surface area contributed by atoms with Gasteiger partial charge in [0.25, 0.3) is 0 Å². The lowest BCUT2D eigenvalue weighted by atomic mass is 9.70. The zero-order valence-corrected chi connectivity index (χ0v) is 39.8. The molecule has 16 rings (SSSR count). The average molecular weight is 925 g/mol. The van der Waals surface area contributed by atoms with Gasteiger partial charge in [0.2, 0.25) is 0 Å². The van der Waals surface area contributed by atoms with Crippen LogP contribution in [0, 0.1) is 0 Å². The van der Waals surface area contributed by atoms with E-state index < -0.39 is 5.41 Å². The minimum atomic E-state index is -0.521. The summed E-state index contributed by atoms with van der Waals surface area (Å²) in [5.74, 6) is 0. The van der Waals surface area contributed by atoms with Crippen molar-refractivity contribution in [2.75, 3.05) is 4.90 Å². The zero-order chi connectivity index (χ0) is 47.8. The van der Waals surface area contributed by atoms with Gasteiger partial charge >= 0.3 is 0 Å². The highest BCUT2D eigenvalue weighted by Crippen LogP contribution is 2.64. The third-order valence-electron chi connectivity index (χ3n) is 16.3. The van der Waals surface area contributed by atoms with Gasteiger partial charge in [-0.05, 0) is 142 Å². The van der Waals surface area contributed by atoms with Crippen molar-refractivity contribution in [1.82, 2.24) is 4.57 Å². The molecular weight excluding hydrogens is 881 g/mol. The number of hydrogen-bond donors (Lipinski definition) is 0. The second-order valence-corrected chi connectivity index (χ2v) is 19.9.